The Labute approximate surface area is 172 Å². The highest BCUT2D eigenvalue weighted by atomic mass is 32.2. The SMILES string of the molecule is Fc1cccc(-n2c(SCc3noc4c3CCCC4)nnc2N2CCOCC2)c1. The number of ether oxygens (including phenoxy) is 1. The standard InChI is InChI=1S/C20H22FN5O2S/c21-14-4-3-5-15(12-14)26-19(25-8-10-27-11-9-25)22-23-20(26)29-13-17-16-6-1-2-7-18(16)28-24-17/h3-5,12H,1-2,6-11,13H2. The summed E-state index contributed by atoms with van der Waals surface area (Å²) in [5, 5.41) is 13.8. The first-order valence-corrected chi connectivity index (χ1v) is 10.9. The predicted octanol–water partition coefficient (Wildman–Crippen LogP) is 3.40. The molecule has 9 heteroatoms. The molecule has 0 saturated carbocycles. The number of halogens is 1. The highest BCUT2D eigenvalue weighted by molar-refractivity contribution is 7.98. The van der Waals surface area contributed by atoms with Crippen molar-refractivity contribution in [3.8, 4) is 5.69 Å². The second kappa shape index (κ2) is 8.16. The zero-order valence-corrected chi connectivity index (χ0v) is 16.8. The molecule has 0 radical (unpaired) electrons. The van der Waals surface area contributed by atoms with Gasteiger partial charge < -0.3 is 14.2 Å². The average molecular weight is 415 g/mol. The van der Waals surface area contributed by atoms with E-state index in [9.17, 15) is 4.39 Å². The van der Waals surface area contributed by atoms with Crippen molar-refractivity contribution in [2.45, 2.75) is 36.6 Å². The van der Waals surface area contributed by atoms with Crippen LogP contribution in [0.15, 0.2) is 33.9 Å². The maximum absolute atomic E-state index is 13.9. The van der Waals surface area contributed by atoms with E-state index in [4.69, 9.17) is 9.26 Å². The highest BCUT2D eigenvalue weighted by Gasteiger charge is 2.24. The molecule has 29 heavy (non-hydrogen) atoms. The molecule has 5 rings (SSSR count). The molecule has 0 bridgehead atoms. The summed E-state index contributed by atoms with van der Waals surface area (Å²) in [7, 11) is 0. The first-order valence-electron chi connectivity index (χ1n) is 9.93. The molecule has 1 aliphatic heterocycles. The van der Waals surface area contributed by atoms with Crippen LogP contribution in [-0.2, 0) is 23.3 Å². The van der Waals surface area contributed by atoms with Gasteiger partial charge in [-0.3, -0.25) is 4.57 Å². The predicted molar refractivity (Wildman–Crippen MR) is 107 cm³/mol. The van der Waals surface area contributed by atoms with Crippen molar-refractivity contribution in [1.82, 2.24) is 19.9 Å². The molecule has 2 aromatic heterocycles. The number of rotatable bonds is 5. The van der Waals surface area contributed by atoms with E-state index in [-0.39, 0.29) is 5.82 Å². The largest absolute Gasteiger partial charge is 0.378 e. The number of hydrogen-bond donors (Lipinski definition) is 0. The summed E-state index contributed by atoms with van der Waals surface area (Å²) in [6.07, 6.45) is 4.32. The molecule has 0 spiro atoms. The van der Waals surface area contributed by atoms with Gasteiger partial charge in [-0.15, -0.1) is 10.2 Å². The number of aromatic nitrogens is 4. The number of nitrogens with zero attached hydrogens (tertiary/aromatic N) is 5. The molecule has 1 aliphatic carbocycles. The Hall–Kier alpha value is -2.39. The molecule has 0 N–H and O–H groups in total. The van der Waals surface area contributed by atoms with Gasteiger partial charge in [0.15, 0.2) is 5.16 Å². The Morgan fingerprint density at radius 3 is 2.83 bits per heavy atom. The molecule has 1 saturated heterocycles. The maximum Gasteiger partial charge on any atom is 0.232 e. The summed E-state index contributed by atoms with van der Waals surface area (Å²) >= 11 is 1.55. The smallest absolute Gasteiger partial charge is 0.232 e. The van der Waals surface area contributed by atoms with Crippen LogP contribution in [0.1, 0.15) is 29.9 Å². The topological polar surface area (TPSA) is 69.2 Å². The maximum atomic E-state index is 13.9. The number of hydrogen-bond acceptors (Lipinski definition) is 7. The normalized spacial score (nSPS) is 16.8. The fourth-order valence-corrected chi connectivity index (χ4v) is 4.77. The molecule has 0 unspecified atom stereocenters. The van der Waals surface area contributed by atoms with Gasteiger partial charge in [0.1, 0.15) is 11.6 Å². The number of anilines is 1. The van der Waals surface area contributed by atoms with Gasteiger partial charge >= 0.3 is 0 Å². The number of thioether (sulfide) groups is 1. The van der Waals surface area contributed by atoms with Crippen molar-refractivity contribution in [2.24, 2.45) is 0 Å². The van der Waals surface area contributed by atoms with E-state index >= 15 is 0 Å². The van der Waals surface area contributed by atoms with Crippen LogP contribution < -0.4 is 4.90 Å². The van der Waals surface area contributed by atoms with Crippen LogP contribution in [0.5, 0.6) is 0 Å². The van der Waals surface area contributed by atoms with Crippen molar-refractivity contribution in [2.75, 3.05) is 31.2 Å². The Bertz CT molecular complexity index is 999. The van der Waals surface area contributed by atoms with Crippen molar-refractivity contribution >= 4 is 17.7 Å². The van der Waals surface area contributed by atoms with Crippen LogP contribution >= 0.6 is 11.8 Å². The molecule has 3 heterocycles. The summed E-state index contributed by atoms with van der Waals surface area (Å²) in [5.74, 6) is 2.09. The lowest BCUT2D eigenvalue weighted by atomic mass is 9.97. The van der Waals surface area contributed by atoms with Crippen LogP contribution in [0.2, 0.25) is 0 Å². The third-order valence-electron chi connectivity index (χ3n) is 5.35. The second-order valence-corrected chi connectivity index (χ2v) is 8.17. The first kappa shape index (κ1) is 18.6. The monoisotopic (exact) mass is 415 g/mol. The van der Waals surface area contributed by atoms with E-state index in [1.54, 1.807) is 17.8 Å². The fraction of sp³-hybridized carbons (Fsp3) is 0.450. The summed E-state index contributed by atoms with van der Waals surface area (Å²) in [6.45, 7) is 2.75. The van der Waals surface area contributed by atoms with Crippen LogP contribution in [0.25, 0.3) is 5.69 Å². The third-order valence-corrected chi connectivity index (χ3v) is 6.29. The Morgan fingerprint density at radius 2 is 1.97 bits per heavy atom. The number of fused-ring (bicyclic) bond motifs is 1. The third kappa shape index (κ3) is 3.76. The molecule has 2 aliphatic rings. The van der Waals surface area contributed by atoms with Crippen LogP contribution in [0.3, 0.4) is 0 Å². The molecule has 0 amide bonds. The van der Waals surface area contributed by atoms with Crippen LogP contribution in [0, 0.1) is 5.82 Å². The van der Waals surface area contributed by atoms with Crippen molar-refractivity contribution in [3.63, 3.8) is 0 Å². The lowest BCUT2D eigenvalue weighted by Gasteiger charge is -2.27. The zero-order chi connectivity index (χ0) is 19.6. The highest BCUT2D eigenvalue weighted by Crippen LogP contribution is 2.32. The van der Waals surface area contributed by atoms with Crippen molar-refractivity contribution < 1.29 is 13.7 Å². The lowest BCUT2D eigenvalue weighted by molar-refractivity contribution is 0.122. The molecule has 1 fully saturated rings. The number of benzene rings is 1. The van der Waals surface area contributed by atoms with Crippen molar-refractivity contribution in [3.05, 3.63) is 47.1 Å². The Kier molecular flexibility index (Phi) is 5.24. The fourth-order valence-electron chi connectivity index (χ4n) is 3.86. The average Bonchev–Trinajstić information content (AvgIpc) is 3.37. The van der Waals surface area contributed by atoms with E-state index in [1.165, 1.54) is 24.1 Å². The minimum atomic E-state index is -0.286. The van der Waals surface area contributed by atoms with Gasteiger partial charge in [0.05, 0.1) is 24.6 Å². The Balaban J connectivity index is 1.46. The summed E-state index contributed by atoms with van der Waals surface area (Å²) in [6, 6.07) is 6.53. The molecular weight excluding hydrogens is 393 g/mol. The minimum Gasteiger partial charge on any atom is -0.378 e. The van der Waals surface area contributed by atoms with E-state index in [1.807, 2.05) is 10.6 Å². The zero-order valence-electron chi connectivity index (χ0n) is 16.0. The molecule has 152 valence electrons. The van der Waals surface area contributed by atoms with Gasteiger partial charge in [-0.1, -0.05) is 23.0 Å². The van der Waals surface area contributed by atoms with E-state index in [2.05, 4.69) is 20.3 Å². The van der Waals surface area contributed by atoms with E-state index in [0.29, 0.717) is 35.8 Å². The number of aryl methyl sites for hydroxylation is 1. The second-order valence-electron chi connectivity index (χ2n) is 7.22. The van der Waals surface area contributed by atoms with Gasteiger partial charge in [-0.2, -0.15) is 0 Å². The summed E-state index contributed by atoms with van der Waals surface area (Å²) < 4.78 is 26.9. The number of morpholine rings is 1. The lowest BCUT2D eigenvalue weighted by Crippen LogP contribution is -2.37. The van der Waals surface area contributed by atoms with Gasteiger partial charge in [0.25, 0.3) is 0 Å². The molecule has 0 atom stereocenters. The van der Waals surface area contributed by atoms with Gasteiger partial charge in [-0.25, -0.2) is 4.39 Å². The molecule has 1 aromatic carbocycles. The van der Waals surface area contributed by atoms with Crippen molar-refractivity contribution in [1.29, 1.82) is 0 Å². The van der Waals surface area contributed by atoms with Gasteiger partial charge in [0.2, 0.25) is 5.95 Å². The van der Waals surface area contributed by atoms with E-state index < -0.39 is 0 Å². The molecular formula is C20H22FN5O2S. The molecule has 3 aromatic rings. The quantitative estimate of drug-likeness (QED) is 0.592. The molecule has 7 nitrogen and oxygen atoms in total. The minimum absolute atomic E-state index is 0.286. The van der Waals surface area contributed by atoms with Gasteiger partial charge in [0, 0.05) is 30.8 Å². The summed E-state index contributed by atoms with van der Waals surface area (Å²) in [4.78, 5) is 2.13. The summed E-state index contributed by atoms with van der Waals surface area (Å²) in [5.41, 5.74) is 2.93. The first-order chi connectivity index (χ1) is 14.3. The Morgan fingerprint density at radius 1 is 1.10 bits per heavy atom. The van der Waals surface area contributed by atoms with E-state index in [0.717, 1.165) is 43.8 Å². The van der Waals surface area contributed by atoms with Crippen LogP contribution in [0.4, 0.5) is 10.3 Å². The van der Waals surface area contributed by atoms with Crippen LogP contribution in [-0.4, -0.2) is 46.2 Å². The van der Waals surface area contributed by atoms with Gasteiger partial charge in [-0.05, 0) is 37.5 Å².